The number of hydrogen-bond acceptors (Lipinski definition) is 3. The Morgan fingerprint density at radius 2 is 1.50 bits per heavy atom. The lowest BCUT2D eigenvalue weighted by molar-refractivity contribution is 0.128. The largest absolute Gasteiger partial charge is 0.559 e. The summed E-state index contributed by atoms with van der Waals surface area (Å²) in [6.45, 7) is -0.896. The van der Waals surface area contributed by atoms with Gasteiger partial charge in [-0.25, -0.2) is 0 Å². The third-order valence-corrected chi connectivity index (χ3v) is 0.365. The zero-order valence-electron chi connectivity index (χ0n) is 3.26. The zero-order chi connectivity index (χ0) is 4.99. The van der Waals surface area contributed by atoms with Crippen LogP contribution in [0.1, 0.15) is 0 Å². The molecule has 0 aromatic rings. The Labute approximate surface area is 35.9 Å². The average Bonchev–Trinajstić information content (AvgIpc) is 1.65. The molecule has 0 spiro atoms. The van der Waals surface area contributed by atoms with E-state index in [2.05, 4.69) is 0 Å². The van der Waals surface area contributed by atoms with Crippen LogP contribution in [0.4, 0.5) is 0 Å². The Hall–Kier alpha value is -0.120. The molecule has 0 unspecified atom stereocenters. The minimum absolute atomic E-state index is 0.296. The van der Waals surface area contributed by atoms with Gasteiger partial charge in [-0.15, -0.1) is 0 Å². The Morgan fingerprint density at radius 3 is 1.50 bits per heavy atom. The summed E-state index contributed by atoms with van der Waals surface area (Å²) in [4.78, 5) is 0. The second kappa shape index (κ2) is 3.08. The second-order valence-corrected chi connectivity index (χ2v) is 0.882. The molecule has 0 aliphatic rings. The van der Waals surface area contributed by atoms with Crippen LogP contribution in [0.15, 0.2) is 0 Å². The Kier molecular flexibility index (Phi) is 3.02. The summed E-state index contributed by atoms with van der Waals surface area (Å²) in [6, 6.07) is 0. The van der Waals surface area contributed by atoms with Gasteiger partial charge in [-0.05, 0) is 0 Å². The molecule has 3 N–H and O–H groups in total. The molecule has 0 aliphatic carbocycles. The Morgan fingerprint density at radius 1 is 1.17 bits per heavy atom. The fraction of sp³-hybridized carbons (Fsp3) is 0.667. The number of rotatable bonds is 2. The van der Waals surface area contributed by atoms with E-state index in [9.17, 15) is 0 Å². The molecule has 0 fully saturated rings. The maximum atomic E-state index is 8.08. The number of aliphatic hydroxyl groups is 3. The molecule has 0 bridgehead atoms. The van der Waals surface area contributed by atoms with E-state index in [1.165, 1.54) is 0 Å². The van der Waals surface area contributed by atoms with Gasteiger partial charge in [0.15, 0.2) is 0 Å². The van der Waals surface area contributed by atoms with Crippen LogP contribution in [-0.2, 0) is 0 Å². The summed E-state index contributed by atoms with van der Waals surface area (Å²) in [5.41, 5.74) is 0. The van der Waals surface area contributed by atoms with E-state index in [0.29, 0.717) is 0 Å². The van der Waals surface area contributed by atoms with Crippen molar-refractivity contribution in [2.75, 3.05) is 13.2 Å². The zero-order valence-corrected chi connectivity index (χ0v) is 3.26. The molecule has 0 heterocycles. The van der Waals surface area contributed by atoms with Gasteiger partial charge in [-0.1, -0.05) is 13.2 Å². The first kappa shape index (κ1) is 5.88. The van der Waals surface area contributed by atoms with Crippen LogP contribution in [-0.4, -0.2) is 28.5 Å². The molecular formula is C3H7O3-. The molecule has 3 heteroatoms. The molecule has 0 aliphatic heterocycles. The number of hydrogen-bond donors (Lipinski definition) is 3. The van der Waals surface area contributed by atoms with Crippen LogP contribution >= 0.6 is 0 Å². The molecular weight excluding hydrogens is 84.0 g/mol. The van der Waals surface area contributed by atoms with Crippen molar-refractivity contribution in [2.24, 2.45) is 0 Å². The fourth-order valence-corrected chi connectivity index (χ4v) is 0.0500. The lowest BCUT2D eigenvalue weighted by atomic mass is 10.4. The highest BCUT2D eigenvalue weighted by Crippen LogP contribution is 1.83. The summed E-state index contributed by atoms with van der Waals surface area (Å²) in [5.74, 6) is 0. The van der Waals surface area contributed by atoms with Gasteiger partial charge in [0.25, 0.3) is 0 Å². The smallest absolute Gasteiger partial charge is 0.0536 e. The molecule has 0 saturated carbocycles. The molecule has 0 aromatic heterocycles. The average molecular weight is 91.1 g/mol. The van der Waals surface area contributed by atoms with Gasteiger partial charge in [0.05, 0.1) is 0 Å². The summed E-state index contributed by atoms with van der Waals surface area (Å²) in [7, 11) is 0. The third kappa shape index (κ3) is 2.14. The highest BCUT2D eigenvalue weighted by atomic mass is 16.3. The molecule has 0 aromatic carbocycles. The summed E-state index contributed by atoms with van der Waals surface area (Å²) in [5, 5.41) is 23.9. The second-order valence-electron chi connectivity index (χ2n) is 0.882. The molecule has 0 rings (SSSR count). The van der Waals surface area contributed by atoms with Crippen molar-refractivity contribution in [3.63, 3.8) is 0 Å². The third-order valence-electron chi connectivity index (χ3n) is 0.365. The molecule has 0 atom stereocenters. The van der Waals surface area contributed by atoms with Gasteiger partial charge < -0.3 is 15.3 Å². The lowest BCUT2D eigenvalue weighted by Gasteiger charge is -2.13. The van der Waals surface area contributed by atoms with E-state index in [-0.39, 0.29) is 6.10 Å². The van der Waals surface area contributed by atoms with E-state index in [1.54, 1.807) is 0 Å². The normalized spacial score (nSPS) is 10.0. The van der Waals surface area contributed by atoms with Crippen LogP contribution in [0.2, 0.25) is 0 Å². The summed E-state index contributed by atoms with van der Waals surface area (Å²) < 4.78 is 0. The topological polar surface area (TPSA) is 60.7 Å². The van der Waals surface area contributed by atoms with Gasteiger partial charge >= 0.3 is 0 Å². The molecule has 3 nitrogen and oxygen atoms in total. The first-order chi connectivity index (χ1) is 2.81. The van der Waals surface area contributed by atoms with Gasteiger partial charge in [0.1, 0.15) is 0 Å². The highest BCUT2D eigenvalue weighted by Gasteiger charge is 1.76. The molecule has 0 amide bonds. The fourth-order valence-electron chi connectivity index (χ4n) is 0.0500. The van der Waals surface area contributed by atoms with E-state index >= 15 is 0 Å². The molecule has 0 radical (unpaired) electrons. The lowest BCUT2D eigenvalue weighted by Crippen LogP contribution is -2.05. The predicted octanol–water partition coefficient (Wildman–Crippen LogP) is -1.12. The first-order valence-electron chi connectivity index (χ1n) is 1.56. The van der Waals surface area contributed by atoms with Gasteiger partial charge in [0.2, 0.25) is 0 Å². The standard InChI is InChI=1S/C3H7O3/c4-1-3(6)2-5/h4-6H,1-2H2/q-1. The SMILES string of the molecule is OC[C-](O)CO. The first-order valence-corrected chi connectivity index (χ1v) is 1.56. The van der Waals surface area contributed by atoms with Crippen LogP contribution in [0, 0.1) is 6.10 Å². The molecule has 0 saturated heterocycles. The van der Waals surface area contributed by atoms with Crippen molar-refractivity contribution < 1.29 is 15.3 Å². The molecule has 38 valence electrons. The number of aliphatic hydroxyl groups excluding tert-OH is 3. The maximum Gasteiger partial charge on any atom is -0.0536 e. The van der Waals surface area contributed by atoms with Crippen molar-refractivity contribution in [1.82, 2.24) is 0 Å². The van der Waals surface area contributed by atoms with Crippen LogP contribution in [0.3, 0.4) is 0 Å². The van der Waals surface area contributed by atoms with Crippen molar-refractivity contribution >= 4 is 0 Å². The van der Waals surface area contributed by atoms with Gasteiger partial charge in [-0.3, -0.25) is 0 Å². The quantitative estimate of drug-likeness (QED) is 0.377. The van der Waals surface area contributed by atoms with E-state index in [1.807, 2.05) is 0 Å². The maximum absolute atomic E-state index is 8.08. The van der Waals surface area contributed by atoms with Crippen LogP contribution < -0.4 is 0 Å². The Balaban J connectivity index is 2.75. The van der Waals surface area contributed by atoms with Crippen molar-refractivity contribution in [3.05, 3.63) is 6.10 Å². The van der Waals surface area contributed by atoms with Crippen LogP contribution in [0.5, 0.6) is 0 Å². The Bertz CT molecular complexity index is 25.2. The van der Waals surface area contributed by atoms with E-state index in [4.69, 9.17) is 15.3 Å². The van der Waals surface area contributed by atoms with Crippen LogP contribution in [0.25, 0.3) is 0 Å². The van der Waals surface area contributed by atoms with Gasteiger partial charge in [-0.2, -0.15) is 6.10 Å². The van der Waals surface area contributed by atoms with Gasteiger partial charge in [0, 0.05) is 0 Å². The van der Waals surface area contributed by atoms with Crippen molar-refractivity contribution in [1.29, 1.82) is 0 Å². The van der Waals surface area contributed by atoms with Crippen molar-refractivity contribution in [2.45, 2.75) is 0 Å². The summed E-state index contributed by atoms with van der Waals surface area (Å²) >= 11 is 0. The van der Waals surface area contributed by atoms with E-state index in [0.717, 1.165) is 0 Å². The highest BCUT2D eigenvalue weighted by molar-refractivity contribution is 4.69. The minimum atomic E-state index is -0.448. The van der Waals surface area contributed by atoms with Crippen molar-refractivity contribution in [3.8, 4) is 0 Å². The minimum Gasteiger partial charge on any atom is -0.559 e. The monoisotopic (exact) mass is 91.0 g/mol. The summed E-state index contributed by atoms with van der Waals surface area (Å²) in [6.07, 6.45) is -0.296. The van der Waals surface area contributed by atoms with E-state index < -0.39 is 13.2 Å². The predicted molar refractivity (Wildman–Crippen MR) is 19.4 cm³/mol. The molecule has 6 heavy (non-hydrogen) atoms.